The molecule has 1 aliphatic carbocycles. The Labute approximate surface area is 293 Å². The number of pyridine rings is 1. The third kappa shape index (κ3) is 6.69. The first kappa shape index (κ1) is 33.6. The molecule has 0 N–H and O–H groups in total. The van der Waals surface area contributed by atoms with Gasteiger partial charge in [-0.25, -0.2) is 19.3 Å². The fraction of sp³-hybridized carbons (Fsp3) is 0.486. The molecule has 5 heterocycles. The lowest BCUT2D eigenvalue weighted by Gasteiger charge is -2.27. The molecule has 3 aliphatic rings. The quantitative estimate of drug-likeness (QED) is 0.186. The average Bonchev–Trinajstić information content (AvgIpc) is 3.49. The monoisotopic (exact) mass is 729 g/mol. The van der Waals surface area contributed by atoms with E-state index in [-0.39, 0.29) is 41.8 Å². The highest BCUT2D eigenvalue weighted by atomic mass is 79.9. The van der Waals surface area contributed by atoms with Crippen molar-refractivity contribution in [3.05, 3.63) is 69.6 Å². The van der Waals surface area contributed by atoms with Crippen molar-refractivity contribution in [2.75, 3.05) is 20.1 Å². The molecule has 0 unspecified atom stereocenters. The standard InChI is InChI=1S/C37H41BrFN7O3/c1-23-40-18-27(19-41-23)25-12-26(17-39)36-28(13-25)30(21-47)43-45(36)20-35(49)46-31-15-37(16-33(37)46)22-44(2)11-7-5-3-4-6-8-24-9-10-34(38)42-29(24)14-32(31)48/h9-10,12-13,18-19,21,31,33H,3-8,11,14-17,20,22H2,1-2H3/t31-,33+,37-/m0/s1. The number of halogens is 2. The number of carbonyl (C=O) groups excluding carboxylic acids is 3. The van der Waals surface area contributed by atoms with Gasteiger partial charge in [0, 0.05) is 46.9 Å². The van der Waals surface area contributed by atoms with Crippen LogP contribution in [0.4, 0.5) is 4.39 Å². The lowest BCUT2D eigenvalue weighted by molar-refractivity contribution is -0.139. The summed E-state index contributed by atoms with van der Waals surface area (Å²) in [5, 5.41) is 4.95. The number of aryl methyl sites for hydroxylation is 2. The van der Waals surface area contributed by atoms with Crippen LogP contribution in [0.1, 0.15) is 78.1 Å². The number of aromatic nitrogens is 5. The minimum absolute atomic E-state index is 0.0187. The van der Waals surface area contributed by atoms with Gasteiger partial charge in [0.15, 0.2) is 12.1 Å². The number of carbonyl (C=O) groups is 3. The number of amides is 1. The number of piperidine rings is 1. The molecular weight excluding hydrogens is 689 g/mol. The molecule has 3 aromatic heterocycles. The van der Waals surface area contributed by atoms with Crippen molar-refractivity contribution in [2.45, 2.75) is 90.0 Å². The second-order valence-corrected chi connectivity index (χ2v) is 14.9. The molecule has 2 fully saturated rings. The molecule has 4 aromatic rings. The van der Waals surface area contributed by atoms with Crippen LogP contribution in [0.15, 0.2) is 41.3 Å². The summed E-state index contributed by atoms with van der Waals surface area (Å²) in [5.41, 5.74) is 3.86. The lowest BCUT2D eigenvalue weighted by Crippen LogP contribution is -2.45. The number of rotatable bonds is 5. The first-order valence-corrected chi connectivity index (χ1v) is 18.0. The second-order valence-electron chi connectivity index (χ2n) is 14.1. The van der Waals surface area contributed by atoms with E-state index in [1.807, 2.05) is 6.07 Å². The number of alkyl halides is 1. The predicted molar refractivity (Wildman–Crippen MR) is 187 cm³/mol. The summed E-state index contributed by atoms with van der Waals surface area (Å²) < 4.78 is 16.8. The van der Waals surface area contributed by atoms with Crippen molar-refractivity contribution in [3.8, 4) is 11.1 Å². The Morgan fingerprint density at radius 2 is 1.86 bits per heavy atom. The van der Waals surface area contributed by atoms with Gasteiger partial charge in [-0.2, -0.15) is 5.10 Å². The molecule has 256 valence electrons. The molecule has 1 amide bonds. The van der Waals surface area contributed by atoms with E-state index in [1.54, 1.807) is 36.4 Å². The minimum atomic E-state index is -0.819. The van der Waals surface area contributed by atoms with E-state index in [1.165, 1.54) is 17.5 Å². The number of hydrogen-bond donors (Lipinski definition) is 0. The third-order valence-electron chi connectivity index (χ3n) is 10.6. The van der Waals surface area contributed by atoms with Gasteiger partial charge in [-0.3, -0.25) is 19.1 Å². The maximum absolute atomic E-state index is 14.7. The van der Waals surface area contributed by atoms with Crippen LogP contribution in [-0.2, 0) is 35.7 Å². The van der Waals surface area contributed by atoms with Crippen LogP contribution in [0, 0.1) is 12.3 Å². The summed E-state index contributed by atoms with van der Waals surface area (Å²) >= 11 is 3.49. The topological polar surface area (TPSA) is 114 Å². The molecule has 2 bridgehead atoms. The molecule has 10 nitrogen and oxygen atoms in total. The van der Waals surface area contributed by atoms with E-state index in [0.717, 1.165) is 56.5 Å². The van der Waals surface area contributed by atoms with Crippen molar-refractivity contribution < 1.29 is 18.8 Å². The molecule has 1 saturated heterocycles. The maximum atomic E-state index is 14.7. The van der Waals surface area contributed by atoms with Crippen LogP contribution < -0.4 is 0 Å². The Morgan fingerprint density at radius 1 is 1.08 bits per heavy atom. The zero-order valence-electron chi connectivity index (χ0n) is 28.0. The number of nitrogens with zero attached hydrogens (tertiary/aromatic N) is 7. The summed E-state index contributed by atoms with van der Waals surface area (Å²) in [6.45, 7) is 2.56. The van der Waals surface area contributed by atoms with Crippen LogP contribution in [0.2, 0.25) is 0 Å². The normalized spacial score (nSPS) is 23.3. The van der Waals surface area contributed by atoms with Crippen LogP contribution in [0.25, 0.3) is 22.0 Å². The van der Waals surface area contributed by atoms with Gasteiger partial charge in [0.1, 0.15) is 29.3 Å². The molecule has 0 radical (unpaired) electrons. The Kier molecular flexibility index (Phi) is 9.45. The average molecular weight is 731 g/mol. The summed E-state index contributed by atoms with van der Waals surface area (Å²) in [7, 11) is 2.14. The molecule has 49 heavy (non-hydrogen) atoms. The minimum Gasteiger partial charge on any atom is -0.327 e. The number of benzene rings is 1. The summed E-state index contributed by atoms with van der Waals surface area (Å²) in [6, 6.07) is 6.78. The van der Waals surface area contributed by atoms with E-state index in [9.17, 15) is 18.8 Å². The molecule has 1 spiro atoms. The number of Topliss-reactive ketones (excluding diaryl/α,β-unsaturated/α-hetero) is 1. The van der Waals surface area contributed by atoms with Crippen LogP contribution >= 0.6 is 15.9 Å². The Bertz CT molecular complexity index is 1910. The highest BCUT2D eigenvalue weighted by Crippen LogP contribution is 2.60. The third-order valence-corrected chi connectivity index (χ3v) is 11.1. The summed E-state index contributed by atoms with van der Waals surface area (Å²) in [4.78, 5) is 58.2. The number of ketones is 1. The molecule has 2 aliphatic heterocycles. The van der Waals surface area contributed by atoms with Crippen LogP contribution in [0.5, 0.6) is 0 Å². The molecule has 7 rings (SSSR count). The largest absolute Gasteiger partial charge is 0.327 e. The van der Waals surface area contributed by atoms with Gasteiger partial charge in [0.05, 0.1) is 23.7 Å². The van der Waals surface area contributed by atoms with Gasteiger partial charge in [-0.15, -0.1) is 0 Å². The van der Waals surface area contributed by atoms with Crippen molar-refractivity contribution in [1.82, 2.24) is 34.5 Å². The van der Waals surface area contributed by atoms with Gasteiger partial charge >= 0.3 is 0 Å². The van der Waals surface area contributed by atoms with E-state index < -0.39 is 12.7 Å². The van der Waals surface area contributed by atoms with Crippen molar-refractivity contribution in [1.29, 1.82) is 0 Å². The fourth-order valence-electron chi connectivity index (χ4n) is 8.15. The molecule has 1 saturated carbocycles. The Balaban J connectivity index is 1.22. The van der Waals surface area contributed by atoms with Gasteiger partial charge in [-0.1, -0.05) is 25.3 Å². The summed E-state index contributed by atoms with van der Waals surface area (Å²) in [6.07, 6.45) is 12.1. The van der Waals surface area contributed by atoms with E-state index in [2.05, 4.69) is 49.0 Å². The molecule has 3 atom stereocenters. The number of hydrogen-bond acceptors (Lipinski definition) is 8. The van der Waals surface area contributed by atoms with E-state index >= 15 is 0 Å². The predicted octanol–water partition coefficient (Wildman–Crippen LogP) is 5.85. The smallest absolute Gasteiger partial charge is 0.245 e. The summed E-state index contributed by atoms with van der Waals surface area (Å²) in [5.74, 6) is 0.335. The first-order valence-electron chi connectivity index (χ1n) is 17.2. The molecule has 12 heteroatoms. The number of aldehydes is 1. The van der Waals surface area contributed by atoms with Gasteiger partial charge < -0.3 is 9.80 Å². The SMILES string of the molecule is Cc1ncc(-c2cc(CF)c3c(c2)c(C=O)nn3CC(=O)N2[C@H]3C[C@]4(C[C@@H]24)CN(C)CCCCCCCc2ccc(Br)nc2CC3=O)cn1. The van der Waals surface area contributed by atoms with Gasteiger partial charge in [0.2, 0.25) is 5.91 Å². The zero-order chi connectivity index (χ0) is 34.3. The molecular formula is C37H41BrFN7O3. The van der Waals surface area contributed by atoms with Crippen molar-refractivity contribution >= 4 is 44.8 Å². The van der Waals surface area contributed by atoms with Gasteiger partial charge in [-0.05, 0) is 97.9 Å². The Morgan fingerprint density at radius 3 is 2.63 bits per heavy atom. The Hall–Kier alpha value is -3.90. The number of fused-ring (bicyclic) bond motifs is 3. The number of likely N-dealkylation sites (tertiary alicyclic amines) is 1. The second kappa shape index (κ2) is 13.8. The van der Waals surface area contributed by atoms with Crippen LogP contribution in [-0.4, -0.2) is 84.7 Å². The lowest BCUT2D eigenvalue weighted by atomic mass is 9.93. The van der Waals surface area contributed by atoms with Crippen LogP contribution in [0.3, 0.4) is 0 Å². The zero-order valence-corrected chi connectivity index (χ0v) is 29.6. The van der Waals surface area contributed by atoms with E-state index in [0.29, 0.717) is 50.7 Å². The van der Waals surface area contributed by atoms with Crippen molar-refractivity contribution in [3.63, 3.8) is 0 Å². The van der Waals surface area contributed by atoms with Gasteiger partial charge in [0.25, 0.3) is 0 Å². The van der Waals surface area contributed by atoms with Crippen molar-refractivity contribution in [2.24, 2.45) is 5.41 Å². The first-order chi connectivity index (χ1) is 23.7. The highest BCUT2D eigenvalue weighted by molar-refractivity contribution is 9.10. The van der Waals surface area contributed by atoms with E-state index in [4.69, 9.17) is 4.98 Å². The fourth-order valence-corrected chi connectivity index (χ4v) is 8.50. The maximum Gasteiger partial charge on any atom is 0.245 e. The molecule has 1 aromatic carbocycles. The highest BCUT2D eigenvalue weighted by Gasteiger charge is 2.67.